The maximum Gasteiger partial charge on any atom is 0.341 e. The van der Waals surface area contributed by atoms with E-state index < -0.39 is 5.97 Å². The van der Waals surface area contributed by atoms with E-state index in [1.807, 2.05) is 29.6 Å². The van der Waals surface area contributed by atoms with Gasteiger partial charge in [0, 0.05) is 34.8 Å². The molecule has 5 N–H and O–H groups in total. The summed E-state index contributed by atoms with van der Waals surface area (Å²) >= 11 is 1.41. The number of aromatic nitrogens is 1. The topological polar surface area (TPSA) is 127 Å². The SMILES string of the molecule is CCOC(=O)c1ccc(Nc2nc(-c3ccc(NC(=O)CCCCN)cc3)cs2)cc1O. The normalized spacial score (nSPS) is 10.6. The Kier molecular flexibility index (Phi) is 8.18. The Hall–Kier alpha value is -3.43. The van der Waals surface area contributed by atoms with Crippen molar-refractivity contribution in [2.75, 3.05) is 23.8 Å². The van der Waals surface area contributed by atoms with E-state index in [1.54, 1.807) is 13.0 Å². The first-order valence-corrected chi connectivity index (χ1v) is 11.2. The Labute approximate surface area is 190 Å². The van der Waals surface area contributed by atoms with Crippen molar-refractivity contribution in [2.45, 2.75) is 26.2 Å². The molecule has 2 aromatic carbocycles. The van der Waals surface area contributed by atoms with Crippen molar-refractivity contribution in [3.63, 3.8) is 0 Å². The minimum Gasteiger partial charge on any atom is -0.507 e. The number of hydrogen-bond acceptors (Lipinski definition) is 8. The minimum absolute atomic E-state index is 0.0245. The molecule has 0 bridgehead atoms. The molecule has 0 fully saturated rings. The zero-order valence-corrected chi connectivity index (χ0v) is 18.6. The highest BCUT2D eigenvalue weighted by molar-refractivity contribution is 7.14. The molecule has 3 aromatic rings. The van der Waals surface area contributed by atoms with E-state index in [4.69, 9.17) is 10.5 Å². The molecule has 0 spiro atoms. The highest BCUT2D eigenvalue weighted by Gasteiger charge is 2.13. The first-order chi connectivity index (χ1) is 15.5. The monoisotopic (exact) mass is 454 g/mol. The molecule has 1 heterocycles. The summed E-state index contributed by atoms with van der Waals surface area (Å²) in [6.07, 6.45) is 2.07. The third kappa shape index (κ3) is 6.29. The van der Waals surface area contributed by atoms with E-state index in [9.17, 15) is 14.7 Å². The molecule has 0 saturated heterocycles. The van der Waals surface area contributed by atoms with Crippen LogP contribution in [0.5, 0.6) is 5.75 Å². The Morgan fingerprint density at radius 2 is 1.88 bits per heavy atom. The number of nitrogens with one attached hydrogen (secondary N) is 2. The van der Waals surface area contributed by atoms with Gasteiger partial charge in [0.05, 0.1) is 12.3 Å². The van der Waals surface area contributed by atoms with Crippen LogP contribution in [0, 0.1) is 0 Å². The molecule has 9 heteroatoms. The molecule has 32 heavy (non-hydrogen) atoms. The number of unbranched alkanes of at least 4 members (excludes halogenated alkanes) is 1. The smallest absolute Gasteiger partial charge is 0.341 e. The number of rotatable bonds is 10. The number of nitrogens with two attached hydrogens (primary N) is 1. The maximum absolute atomic E-state index is 11.9. The number of hydrogen-bond donors (Lipinski definition) is 4. The fourth-order valence-electron chi connectivity index (χ4n) is 2.96. The molecule has 3 rings (SSSR count). The number of phenols is 1. The molecule has 0 radical (unpaired) electrons. The van der Waals surface area contributed by atoms with Gasteiger partial charge in [-0.15, -0.1) is 11.3 Å². The highest BCUT2D eigenvalue weighted by atomic mass is 32.1. The molecule has 8 nitrogen and oxygen atoms in total. The van der Waals surface area contributed by atoms with Crippen molar-refractivity contribution in [1.29, 1.82) is 0 Å². The second-order valence-electron chi connectivity index (χ2n) is 6.99. The Morgan fingerprint density at radius 3 is 2.56 bits per heavy atom. The number of benzene rings is 2. The Morgan fingerprint density at radius 1 is 1.12 bits per heavy atom. The summed E-state index contributed by atoms with van der Waals surface area (Å²) in [7, 11) is 0. The summed E-state index contributed by atoms with van der Waals surface area (Å²) in [4.78, 5) is 28.3. The van der Waals surface area contributed by atoms with E-state index in [0.717, 1.165) is 29.8 Å². The maximum atomic E-state index is 11.9. The lowest BCUT2D eigenvalue weighted by Gasteiger charge is -2.07. The van der Waals surface area contributed by atoms with Crippen LogP contribution in [0.25, 0.3) is 11.3 Å². The number of thiazole rings is 1. The minimum atomic E-state index is -0.566. The van der Waals surface area contributed by atoms with E-state index in [2.05, 4.69) is 15.6 Å². The summed E-state index contributed by atoms with van der Waals surface area (Å²) < 4.78 is 4.91. The molecule has 168 valence electrons. The van der Waals surface area contributed by atoms with Crippen molar-refractivity contribution in [3.8, 4) is 17.0 Å². The van der Waals surface area contributed by atoms with Crippen molar-refractivity contribution in [1.82, 2.24) is 4.98 Å². The van der Waals surface area contributed by atoms with Crippen LogP contribution in [0.1, 0.15) is 36.5 Å². The number of amides is 1. The van der Waals surface area contributed by atoms with Crippen LogP contribution in [0.4, 0.5) is 16.5 Å². The van der Waals surface area contributed by atoms with Gasteiger partial charge in [0.2, 0.25) is 5.91 Å². The van der Waals surface area contributed by atoms with Crippen LogP contribution in [0.15, 0.2) is 47.8 Å². The van der Waals surface area contributed by atoms with E-state index in [0.29, 0.717) is 23.8 Å². The third-order valence-electron chi connectivity index (χ3n) is 4.57. The zero-order valence-electron chi connectivity index (χ0n) is 17.8. The van der Waals surface area contributed by atoms with Gasteiger partial charge >= 0.3 is 5.97 Å². The predicted molar refractivity (Wildman–Crippen MR) is 126 cm³/mol. The summed E-state index contributed by atoms with van der Waals surface area (Å²) in [5.74, 6) is -0.752. The lowest BCUT2D eigenvalue weighted by molar-refractivity contribution is -0.116. The largest absolute Gasteiger partial charge is 0.507 e. The number of anilines is 3. The second kappa shape index (κ2) is 11.3. The van der Waals surface area contributed by atoms with Gasteiger partial charge in [0.15, 0.2) is 5.13 Å². The molecular formula is C23H26N4O4S. The molecule has 0 aliphatic carbocycles. The molecule has 1 amide bonds. The van der Waals surface area contributed by atoms with Crippen LogP contribution in [0.3, 0.4) is 0 Å². The number of phenolic OH excluding ortho intramolecular Hbond substituents is 1. The zero-order chi connectivity index (χ0) is 22.9. The predicted octanol–water partition coefficient (Wildman–Crippen LogP) is 4.50. The fraction of sp³-hybridized carbons (Fsp3) is 0.261. The molecular weight excluding hydrogens is 428 g/mol. The summed E-state index contributed by atoms with van der Waals surface area (Å²) in [5.41, 5.74) is 8.59. The number of aromatic hydroxyl groups is 1. The Bertz CT molecular complexity index is 1070. The number of carbonyl (C=O) groups is 2. The highest BCUT2D eigenvalue weighted by Crippen LogP contribution is 2.30. The summed E-state index contributed by atoms with van der Waals surface area (Å²) in [5, 5.41) is 18.7. The van der Waals surface area contributed by atoms with Crippen LogP contribution >= 0.6 is 11.3 Å². The van der Waals surface area contributed by atoms with Gasteiger partial charge < -0.3 is 26.2 Å². The second-order valence-corrected chi connectivity index (χ2v) is 7.84. The molecule has 0 aliphatic heterocycles. The number of ether oxygens (including phenoxy) is 1. The van der Waals surface area contributed by atoms with Gasteiger partial charge in [-0.05, 0) is 50.6 Å². The van der Waals surface area contributed by atoms with Gasteiger partial charge in [-0.2, -0.15) is 0 Å². The summed E-state index contributed by atoms with van der Waals surface area (Å²) in [6, 6.07) is 12.1. The van der Waals surface area contributed by atoms with E-state index >= 15 is 0 Å². The summed E-state index contributed by atoms with van der Waals surface area (Å²) in [6.45, 7) is 2.54. The van der Waals surface area contributed by atoms with Gasteiger partial charge in [-0.3, -0.25) is 4.79 Å². The molecule has 1 aromatic heterocycles. The van der Waals surface area contributed by atoms with Gasteiger partial charge in [-0.25, -0.2) is 9.78 Å². The average Bonchev–Trinajstić information content (AvgIpc) is 3.23. The van der Waals surface area contributed by atoms with Crippen LogP contribution in [-0.4, -0.2) is 35.1 Å². The fourth-order valence-corrected chi connectivity index (χ4v) is 3.70. The molecule has 0 atom stereocenters. The molecule has 0 saturated carbocycles. The molecule has 0 unspecified atom stereocenters. The van der Waals surface area contributed by atoms with Crippen molar-refractivity contribution in [2.24, 2.45) is 5.73 Å². The average molecular weight is 455 g/mol. The van der Waals surface area contributed by atoms with Crippen molar-refractivity contribution < 1.29 is 19.4 Å². The number of esters is 1. The standard InChI is InChI=1S/C23H26N4O4S/c1-2-31-22(30)18-11-10-17(13-20(18)28)26-23-27-19(14-32-23)15-6-8-16(9-7-15)25-21(29)5-3-4-12-24/h6-11,13-14,28H,2-5,12,24H2,1H3,(H,25,29)(H,26,27). The lowest BCUT2D eigenvalue weighted by atomic mass is 10.1. The third-order valence-corrected chi connectivity index (χ3v) is 5.33. The van der Waals surface area contributed by atoms with Gasteiger partial charge in [0.25, 0.3) is 0 Å². The lowest BCUT2D eigenvalue weighted by Crippen LogP contribution is -2.11. The van der Waals surface area contributed by atoms with Crippen LogP contribution < -0.4 is 16.4 Å². The van der Waals surface area contributed by atoms with Gasteiger partial charge in [0.1, 0.15) is 11.3 Å². The van der Waals surface area contributed by atoms with E-state index in [1.165, 1.54) is 23.5 Å². The van der Waals surface area contributed by atoms with Crippen molar-refractivity contribution in [3.05, 3.63) is 53.4 Å². The number of nitrogens with zero attached hydrogens (tertiary/aromatic N) is 1. The van der Waals surface area contributed by atoms with Gasteiger partial charge in [-0.1, -0.05) is 12.1 Å². The number of carbonyl (C=O) groups excluding carboxylic acids is 2. The first kappa shape index (κ1) is 23.2. The van der Waals surface area contributed by atoms with Crippen LogP contribution in [-0.2, 0) is 9.53 Å². The first-order valence-electron chi connectivity index (χ1n) is 10.3. The quantitative estimate of drug-likeness (QED) is 0.262. The Balaban J connectivity index is 1.61. The molecule has 0 aliphatic rings. The van der Waals surface area contributed by atoms with E-state index in [-0.39, 0.29) is 23.8 Å². The van der Waals surface area contributed by atoms with Crippen LogP contribution in [0.2, 0.25) is 0 Å². The van der Waals surface area contributed by atoms with Crippen molar-refractivity contribution >= 4 is 39.7 Å².